The second-order valence-corrected chi connectivity index (χ2v) is 6.66. The summed E-state index contributed by atoms with van der Waals surface area (Å²) in [5.41, 5.74) is -0.298. The molecule has 1 aromatic carbocycles. The number of anilines is 1. The lowest BCUT2D eigenvalue weighted by Crippen LogP contribution is -2.42. The molecule has 0 spiro atoms. The summed E-state index contributed by atoms with van der Waals surface area (Å²) >= 11 is 3.50. The van der Waals surface area contributed by atoms with Gasteiger partial charge in [0.2, 0.25) is 0 Å². The maximum absolute atomic E-state index is 15.3. The van der Waals surface area contributed by atoms with Crippen molar-refractivity contribution in [2.45, 2.75) is 18.5 Å². The van der Waals surface area contributed by atoms with Crippen molar-refractivity contribution < 1.29 is 9.13 Å². The van der Waals surface area contributed by atoms with Crippen molar-refractivity contribution in [3.63, 3.8) is 0 Å². The van der Waals surface area contributed by atoms with Crippen molar-refractivity contribution in [3.8, 4) is 11.8 Å². The lowest BCUT2D eigenvalue weighted by molar-refractivity contribution is 0.109. The number of hydrogen-bond donors (Lipinski definition) is 0. The van der Waals surface area contributed by atoms with E-state index < -0.39 is 5.67 Å². The Bertz CT molecular complexity index is 792. The van der Waals surface area contributed by atoms with Crippen LogP contribution in [0.2, 0.25) is 0 Å². The van der Waals surface area contributed by atoms with Gasteiger partial charge in [0.25, 0.3) is 0 Å². The Morgan fingerprint density at radius 1 is 1.38 bits per heavy atom. The van der Waals surface area contributed by atoms with Gasteiger partial charge in [-0.2, -0.15) is 5.26 Å². The van der Waals surface area contributed by atoms with Gasteiger partial charge in [-0.15, -0.1) is 10.2 Å². The van der Waals surface area contributed by atoms with E-state index in [2.05, 4.69) is 32.2 Å². The van der Waals surface area contributed by atoms with Gasteiger partial charge in [0, 0.05) is 37.5 Å². The van der Waals surface area contributed by atoms with E-state index in [0.717, 1.165) is 10.2 Å². The largest absolute Gasteiger partial charge is 0.495 e. The summed E-state index contributed by atoms with van der Waals surface area (Å²) in [7, 11) is 3.28. The first-order valence-corrected chi connectivity index (χ1v) is 8.34. The SMILES string of the molecule is COc1ccc(Br)c(N2CCC(F)(c3nncn3C)CC2)c1C#N. The van der Waals surface area contributed by atoms with Crippen LogP contribution in [0.1, 0.15) is 24.2 Å². The topological polar surface area (TPSA) is 67.0 Å². The Labute approximate surface area is 148 Å². The third kappa shape index (κ3) is 2.73. The van der Waals surface area contributed by atoms with Gasteiger partial charge in [-0.1, -0.05) is 0 Å². The van der Waals surface area contributed by atoms with Crippen LogP contribution >= 0.6 is 15.9 Å². The van der Waals surface area contributed by atoms with E-state index in [1.165, 1.54) is 13.4 Å². The zero-order valence-electron chi connectivity index (χ0n) is 13.5. The van der Waals surface area contributed by atoms with Crippen molar-refractivity contribution in [2.75, 3.05) is 25.1 Å². The van der Waals surface area contributed by atoms with Crippen molar-refractivity contribution in [1.29, 1.82) is 5.26 Å². The zero-order chi connectivity index (χ0) is 17.3. The second kappa shape index (κ2) is 6.40. The predicted molar refractivity (Wildman–Crippen MR) is 90.6 cm³/mol. The molecular formula is C16H17BrFN5O. The number of nitriles is 1. The molecule has 8 heteroatoms. The van der Waals surface area contributed by atoms with Crippen molar-refractivity contribution in [3.05, 3.63) is 34.3 Å². The quantitative estimate of drug-likeness (QED) is 0.801. The molecule has 0 saturated carbocycles. The average Bonchev–Trinajstić information content (AvgIpc) is 3.02. The fourth-order valence-electron chi connectivity index (χ4n) is 3.13. The van der Waals surface area contributed by atoms with E-state index in [-0.39, 0.29) is 12.8 Å². The smallest absolute Gasteiger partial charge is 0.173 e. The minimum atomic E-state index is -1.50. The standard InChI is InChI=1S/C16H17BrFN5O/c1-22-10-20-21-15(22)16(18)5-7-23(8-6-16)14-11(9-19)13(24-2)4-3-12(14)17/h3-4,10H,5-8H2,1-2H3. The van der Waals surface area contributed by atoms with E-state index in [9.17, 15) is 5.26 Å². The Morgan fingerprint density at radius 3 is 2.62 bits per heavy atom. The highest BCUT2D eigenvalue weighted by molar-refractivity contribution is 9.10. The number of piperidine rings is 1. The lowest BCUT2D eigenvalue weighted by Gasteiger charge is -2.37. The number of halogens is 2. The van der Waals surface area contributed by atoms with Gasteiger partial charge in [0.05, 0.1) is 12.8 Å². The number of hydrogen-bond acceptors (Lipinski definition) is 5. The van der Waals surface area contributed by atoms with Gasteiger partial charge in [-0.25, -0.2) is 4.39 Å². The maximum Gasteiger partial charge on any atom is 0.173 e. The van der Waals surface area contributed by atoms with Gasteiger partial charge in [0.15, 0.2) is 11.5 Å². The van der Waals surface area contributed by atoms with Crippen LogP contribution in [-0.4, -0.2) is 35.0 Å². The molecule has 0 N–H and O–H groups in total. The number of ether oxygens (including phenoxy) is 1. The van der Waals surface area contributed by atoms with Crippen LogP contribution in [0, 0.1) is 11.3 Å². The summed E-state index contributed by atoms with van der Waals surface area (Å²) in [5.74, 6) is 0.869. The number of alkyl halides is 1. The van der Waals surface area contributed by atoms with Crippen LogP contribution in [0.25, 0.3) is 0 Å². The summed E-state index contributed by atoms with van der Waals surface area (Å²) in [6, 6.07) is 5.78. The van der Waals surface area contributed by atoms with Gasteiger partial charge in [0.1, 0.15) is 23.7 Å². The van der Waals surface area contributed by atoms with E-state index in [4.69, 9.17) is 4.74 Å². The minimum absolute atomic E-state index is 0.286. The Kier molecular flexibility index (Phi) is 4.45. The normalized spacial score (nSPS) is 16.7. The fraction of sp³-hybridized carbons (Fsp3) is 0.438. The van der Waals surface area contributed by atoms with Crippen molar-refractivity contribution >= 4 is 21.6 Å². The molecular weight excluding hydrogens is 377 g/mol. The Hall–Kier alpha value is -2.14. The monoisotopic (exact) mass is 393 g/mol. The van der Waals surface area contributed by atoms with Crippen molar-refractivity contribution in [2.24, 2.45) is 7.05 Å². The maximum atomic E-state index is 15.3. The third-order valence-corrected chi connectivity index (χ3v) is 5.05. The predicted octanol–water partition coefficient (Wildman–Crippen LogP) is 2.92. The lowest BCUT2D eigenvalue weighted by atomic mass is 9.91. The molecule has 0 atom stereocenters. The van der Waals surface area contributed by atoms with E-state index in [1.807, 2.05) is 11.0 Å². The highest BCUT2D eigenvalue weighted by Crippen LogP contribution is 2.41. The van der Waals surface area contributed by atoms with E-state index >= 15 is 4.39 Å². The second-order valence-electron chi connectivity index (χ2n) is 5.80. The molecule has 24 heavy (non-hydrogen) atoms. The Balaban J connectivity index is 1.88. The summed E-state index contributed by atoms with van der Waals surface area (Å²) in [4.78, 5) is 2.01. The van der Waals surface area contributed by atoms with Crippen LogP contribution < -0.4 is 9.64 Å². The fourth-order valence-corrected chi connectivity index (χ4v) is 3.71. The molecule has 1 aliphatic heterocycles. The summed E-state index contributed by atoms with van der Waals surface area (Å²) in [6.45, 7) is 0.952. The summed E-state index contributed by atoms with van der Waals surface area (Å²) in [6.07, 6.45) is 2.08. The molecule has 1 fully saturated rings. The molecule has 0 bridgehead atoms. The van der Waals surface area contributed by atoms with Gasteiger partial charge >= 0.3 is 0 Å². The molecule has 0 radical (unpaired) electrons. The molecule has 1 aliphatic rings. The minimum Gasteiger partial charge on any atom is -0.495 e. The van der Waals surface area contributed by atoms with Crippen molar-refractivity contribution in [1.82, 2.24) is 14.8 Å². The van der Waals surface area contributed by atoms with Crippen LogP contribution in [0.3, 0.4) is 0 Å². The zero-order valence-corrected chi connectivity index (χ0v) is 15.0. The highest BCUT2D eigenvalue weighted by atomic mass is 79.9. The number of benzene rings is 1. The first-order valence-electron chi connectivity index (χ1n) is 7.55. The van der Waals surface area contributed by atoms with Gasteiger partial charge in [-0.3, -0.25) is 0 Å². The summed E-state index contributed by atoms with van der Waals surface area (Å²) < 4.78 is 23.0. The van der Waals surface area contributed by atoms with E-state index in [0.29, 0.717) is 30.2 Å². The Morgan fingerprint density at radius 2 is 2.08 bits per heavy atom. The molecule has 0 aliphatic carbocycles. The highest BCUT2D eigenvalue weighted by Gasteiger charge is 2.40. The molecule has 2 aromatic rings. The molecule has 1 saturated heterocycles. The number of aryl methyl sites for hydroxylation is 1. The third-order valence-electron chi connectivity index (χ3n) is 4.41. The van der Waals surface area contributed by atoms with Gasteiger partial charge in [-0.05, 0) is 28.1 Å². The number of nitrogens with zero attached hydrogens (tertiary/aromatic N) is 5. The van der Waals surface area contributed by atoms with Crippen LogP contribution in [0.15, 0.2) is 22.9 Å². The molecule has 2 heterocycles. The molecule has 1 aromatic heterocycles. The summed E-state index contributed by atoms with van der Waals surface area (Å²) in [5, 5.41) is 17.2. The number of methoxy groups -OCH3 is 1. The molecule has 126 valence electrons. The molecule has 0 amide bonds. The number of rotatable bonds is 3. The van der Waals surface area contributed by atoms with Crippen LogP contribution in [0.4, 0.5) is 10.1 Å². The molecule has 0 unspecified atom stereocenters. The van der Waals surface area contributed by atoms with Crippen LogP contribution in [-0.2, 0) is 12.7 Å². The van der Waals surface area contributed by atoms with E-state index in [1.54, 1.807) is 17.7 Å². The number of aromatic nitrogens is 3. The average molecular weight is 394 g/mol. The van der Waals surface area contributed by atoms with Gasteiger partial charge < -0.3 is 14.2 Å². The molecule has 3 rings (SSSR count). The molecule has 6 nitrogen and oxygen atoms in total. The first-order chi connectivity index (χ1) is 11.5. The first kappa shape index (κ1) is 16.7. The van der Waals surface area contributed by atoms with Crippen LogP contribution in [0.5, 0.6) is 5.75 Å².